The van der Waals surface area contributed by atoms with Crippen molar-refractivity contribution in [1.29, 1.82) is 0 Å². The molecular weight excluding hydrogens is 414 g/mol. The van der Waals surface area contributed by atoms with Gasteiger partial charge in [0.2, 0.25) is 17.7 Å². The van der Waals surface area contributed by atoms with Crippen LogP contribution in [0.4, 0.5) is 0 Å². The normalized spacial score (nSPS) is 21.8. The summed E-state index contributed by atoms with van der Waals surface area (Å²) in [6, 6.07) is 16.0. The largest absolute Gasteiger partial charge is 0.369 e. The van der Waals surface area contributed by atoms with Crippen molar-refractivity contribution < 1.29 is 14.4 Å². The average Bonchev–Trinajstić information content (AvgIpc) is 3.24. The minimum absolute atomic E-state index is 0.0296. The van der Waals surface area contributed by atoms with Crippen LogP contribution in [0.15, 0.2) is 48.5 Å². The number of likely N-dealkylation sites (tertiary alicyclic amines) is 2. The molecule has 2 heterocycles. The van der Waals surface area contributed by atoms with E-state index in [1.54, 1.807) is 16.7 Å². The molecule has 2 fully saturated rings. The lowest BCUT2D eigenvalue weighted by Crippen LogP contribution is -2.56. The quantitative estimate of drug-likeness (QED) is 0.737. The second-order valence-electron chi connectivity index (χ2n) is 9.62. The second-order valence-corrected chi connectivity index (χ2v) is 9.62. The first kappa shape index (κ1) is 23.0. The van der Waals surface area contributed by atoms with Crippen LogP contribution in [0.1, 0.15) is 43.7 Å². The van der Waals surface area contributed by atoms with Crippen LogP contribution in [0.5, 0.6) is 0 Å². The fraction of sp³-hybridized carbons (Fsp3) is 0.444. The molecule has 6 heteroatoms. The number of carbonyl (C=O) groups excluding carboxylic acids is 3. The number of nitrogens with zero attached hydrogens (tertiary/aromatic N) is 2. The van der Waals surface area contributed by atoms with E-state index in [0.717, 1.165) is 23.1 Å². The molecule has 0 bridgehead atoms. The van der Waals surface area contributed by atoms with Gasteiger partial charge in [0.15, 0.2) is 0 Å². The van der Waals surface area contributed by atoms with E-state index in [2.05, 4.69) is 37.3 Å². The van der Waals surface area contributed by atoms with Crippen molar-refractivity contribution in [3.05, 3.63) is 59.7 Å². The molecule has 0 spiro atoms. The van der Waals surface area contributed by atoms with Crippen molar-refractivity contribution in [1.82, 2.24) is 9.80 Å². The average molecular weight is 448 g/mol. The van der Waals surface area contributed by atoms with Gasteiger partial charge in [-0.25, -0.2) is 0 Å². The summed E-state index contributed by atoms with van der Waals surface area (Å²) >= 11 is 0. The van der Waals surface area contributed by atoms with Crippen molar-refractivity contribution in [3.8, 4) is 11.1 Å². The zero-order valence-corrected chi connectivity index (χ0v) is 19.5. The number of hydrogen-bond donors (Lipinski definition) is 1. The number of amides is 3. The van der Waals surface area contributed by atoms with Gasteiger partial charge in [0.1, 0.15) is 6.04 Å². The van der Waals surface area contributed by atoms with E-state index in [1.165, 1.54) is 5.56 Å². The molecule has 0 unspecified atom stereocenters. The summed E-state index contributed by atoms with van der Waals surface area (Å²) in [5, 5.41) is 0. The Kier molecular flexibility index (Phi) is 6.54. The molecule has 2 atom stereocenters. The van der Waals surface area contributed by atoms with Crippen LogP contribution in [-0.4, -0.2) is 53.2 Å². The highest BCUT2D eigenvalue weighted by Gasteiger charge is 2.44. The molecule has 0 aliphatic carbocycles. The number of benzene rings is 2. The maximum absolute atomic E-state index is 13.2. The van der Waals surface area contributed by atoms with Gasteiger partial charge in [-0.15, -0.1) is 0 Å². The Bertz CT molecular complexity index is 1070. The van der Waals surface area contributed by atoms with Gasteiger partial charge >= 0.3 is 0 Å². The Balaban J connectivity index is 1.55. The first-order valence-corrected chi connectivity index (χ1v) is 11.8. The molecule has 2 N–H and O–H groups in total. The molecule has 6 nitrogen and oxygen atoms in total. The summed E-state index contributed by atoms with van der Waals surface area (Å²) < 4.78 is 0. The van der Waals surface area contributed by atoms with Crippen molar-refractivity contribution in [2.45, 2.75) is 52.0 Å². The van der Waals surface area contributed by atoms with Crippen molar-refractivity contribution >= 4 is 17.7 Å². The van der Waals surface area contributed by atoms with E-state index in [9.17, 15) is 14.4 Å². The maximum atomic E-state index is 13.2. The van der Waals surface area contributed by atoms with Gasteiger partial charge in [0, 0.05) is 26.1 Å². The van der Waals surface area contributed by atoms with Crippen molar-refractivity contribution in [2.75, 3.05) is 19.6 Å². The van der Waals surface area contributed by atoms with E-state index < -0.39 is 11.5 Å². The second kappa shape index (κ2) is 9.38. The number of piperidine rings is 1. The van der Waals surface area contributed by atoms with Crippen LogP contribution in [-0.2, 0) is 20.8 Å². The Labute approximate surface area is 195 Å². The smallest absolute Gasteiger partial charge is 0.245 e. The van der Waals surface area contributed by atoms with Crippen LogP contribution in [0.3, 0.4) is 0 Å². The lowest BCUT2D eigenvalue weighted by Gasteiger charge is -2.42. The first-order chi connectivity index (χ1) is 15.8. The molecule has 2 aromatic rings. The highest BCUT2D eigenvalue weighted by Crippen LogP contribution is 2.35. The lowest BCUT2D eigenvalue weighted by atomic mass is 9.74. The highest BCUT2D eigenvalue weighted by atomic mass is 16.2. The topological polar surface area (TPSA) is 83.7 Å². The third kappa shape index (κ3) is 4.80. The number of hydrogen-bond acceptors (Lipinski definition) is 3. The Hall–Kier alpha value is -3.15. The number of carbonyl (C=O) groups is 3. The number of nitrogens with two attached hydrogens (primary N) is 1. The summed E-state index contributed by atoms with van der Waals surface area (Å²) in [4.78, 5) is 41.5. The van der Waals surface area contributed by atoms with Gasteiger partial charge in [-0.2, -0.15) is 0 Å². The molecule has 3 amide bonds. The van der Waals surface area contributed by atoms with E-state index in [-0.39, 0.29) is 17.7 Å². The van der Waals surface area contributed by atoms with Gasteiger partial charge < -0.3 is 15.5 Å². The minimum Gasteiger partial charge on any atom is -0.369 e. The van der Waals surface area contributed by atoms with Crippen molar-refractivity contribution in [3.63, 3.8) is 0 Å². The monoisotopic (exact) mass is 447 g/mol. The molecule has 2 saturated heterocycles. The number of aryl methyl sites for hydroxylation is 1. The molecule has 0 radical (unpaired) electrons. The standard InChI is InChI=1S/C27H33N3O3/c1-19-7-3-9-22(15-19)23-10-4-8-21(16-23)17-27(26(28)33)12-6-13-29(18-27)25(32)20(2)30-14-5-11-24(30)31/h3-4,7-10,15-16,20H,5-6,11-14,17-18H2,1-2H3,(H2,28,33)/t20-,27-/m0/s1. The summed E-state index contributed by atoms with van der Waals surface area (Å²) in [5.74, 6) is -0.433. The Morgan fingerprint density at radius 1 is 1.06 bits per heavy atom. The summed E-state index contributed by atoms with van der Waals surface area (Å²) in [6.45, 7) is 5.36. The summed E-state index contributed by atoms with van der Waals surface area (Å²) in [5.41, 5.74) is 9.61. The fourth-order valence-electron chi connectivity index (χ4n) is 5.30. The third-order valence-electron chi connectivity index (χ3n) is 7.17. The van der Waals surface area contributed by atoms with Gasteiger partial charge in [0.05, 0.1) is 5.41 Å². The molecule has 33 heavy (non-hydrogen) atoms. The Morgan fingerprint density at radius 2 is 1.79 bits per heavy atom. The molecule has 0 aromatic heterocycles. The number of rotatable bonds is 6. The molecule has 2 aromatic carbocycles. The highest BCUT2D eigenvalue weighted by molar-refractivity contribution is 5.89. The molecule has 0 saturated carbocycles. The Morgan fingerprint density at radius 3 is 2.45 bits per heavy atom. The van der Waals surface area contributed by atoms with Gasteiger partial charge in [-0.05, 0) is 56.2 Å². The third-order valence-corrected chi connectivity index (χ3v) is 7.17. The fourth-order valence-corrected chi connectivity index (χ4v) is 5.30. The van der Waals surface area contributed by atoms with Gasteiger partial charge in [-0.3, -0.25) is 14.4 Å². The zero-order valence-electron chi connectivity index (χ0n) is 19.5. The predicted molar refractivity (Wildman–Crippen MR) is 128 cm³/mol. The molecule has 2 aliphatic heterocycles. The predicted octanol–water partition coefficient (Wildman–Crippen LogP) is 3.31. The van der Waals surface area contributed by atoms with Crippen molar-refractivity contribution in [2.24, 2.45) is 11.1 Å². The van der Waals surface area contributed by atoms with Gasteiger partial charge in [0.25, 0.3) is 0 Å². The summed E-state index contributed by atoms with van der Waals surface area (Å²) in [7, 11) is 0. The maximum Gasteiger partial charge on any atom is 0.245 e. The zero-order chi connectivity index (χ0) is 23.6. The van der Waals surface area contributed by atoms with Crippen LogP contribution >= 0.6 is 0 Å². The van der Waals surface area contributed by atoms with Gasteiger partial charge in [-0.1, -0.05) is 54.1 Å². The molecule has 4 rings (SSSR count). The van der Waals surface area contributed by atoms with Crippen LogP contribution in [0.25, 0.3) is 11.1 Å². The molecule has 2 aliphatic rings. The van der Waals surface area contributed by atoms with Crippen LogP contribution in [0, 0.1) is 12.3 Å². The lowest BCUT2D eigenvalue weighted by molar-refractivity contribution is -0.147. The number of primary amides is 1. The summed E-state index contributed by atoms with van der Waals surface area (Å²) in [6.07, 6.45) is 3.15. The molecular formula is C27H33N3O3. The van der Waals surface area contributed by atoms with Crippen LogP contribution < -0.4 is 5.73 Å². The minimum atomic E-state index is -0.812. The molecule has 174 valence electrons. The van der Waals surface area contributed by atoms with Crippen LogP contribution in [0.2, 0.25) is 0 Å². The van der Waals surface area contributed by atoms with E-state index in [4.69, 9.17) is 5.73 Å². The van der Waals surface area contributed by atoms with E-state index in [1.807, 2.05) is 18.2 Å². The van der Waals surface area contributed by atoms with E-state index >= 15 is 0 Å². The first-order valence-electron chi connectivity index (χ1n) is 11.8. The SMILES string of the molecule is Cc1cccc(-c2cccc(C[C@@]3(C(N)=O)CCCN(C(=O)[C@H](C)N4CCCC4=O)C3)c2)c1. The van der Waals surface area contributed by atoms with E-state index in [0.29, 0.717) is 45.3 Å².